The van der Waals surface area contributed by atoms with Gasteiger partial charge in [-0.15, -0.1) is 0 Å². The molecular formula is C15H19NO2. The molecule has 2 aliphatic rings. The molecule has 0 amide bonds. The van der Waals surface area contributed by atoms with E-state index in [0.29, 0.717) is 11.0 Å². The molecule has 0 aromatic heterocycles. The van der Waals surface area contributed by atoms with Gasteiger partial charge in [-0.05, 0) is 37.5 Å². The van der Waals surface area contributed by atoms with Crippen LogP contribution in [0.2, 0.25) is 0 Å². The van der Waals surface area contributed by atoms with Crippen molar-refractivity contribution in [2.45, 2.75) is 32.6 Å². The first-order chi connectivity index (χ1) is 8.60. The van der Waals surface area contributed by atoms with E-state index < -0.39 is 5.97 Å². The van der Waals surface area contributed by atoms with E-state index >= 15 is 0 Å². The zero-order chi connectivity index (χ0) is 12.8. The van der Waals surface area contributed by atoms with Gasteiger partial charge < -0.3 is 10.0 Å². The highest BCUT2D eigenvalue weighted by atomic mass is 16.4. The van der Waals surface area contributed by atoms with Gasteiger partial charge in [-0.25, -0.2) is 4.79 Å². The molecule has 0 bridgehead atoms. The van der Waals surface area contributed by atoms with E-state index in [4.69, 9.17) is 5.11 Å². The number of benzene rings is 1. The molecule has 1 saturated carbocycles. The molecule has 96 valence electrons. The highest BCUT2D eigenvalue weighted by Gasteiger charge is 2.44. The summed E-state index contributed by atoms with van der Waals surface area (Å²) in [6, 6.07) is 5.78. The molecule has 1 heterocycles. The summed E-state index contributed by atoms with van der Waals surface area (Å²) in [6.45, 7) is 4.06. The molecule has 0 atom stereocenters. The Bertz CT molecular complexity index is 481. The van der Waals surface area contributed by atoms with Crippen LogP contribution >= 0.6 is 0 Å². The molecule has 1 saturated heterocycles. The van der Waals surface area contributed by atoms with Crippen molar-refractivity contribution in [3.8, 4) is 0 Å². The van der Waals surface area contributed by atoms with Crippen LogP contribution in [0.25, 0.3) is 0 Å². The summed E-state index contributed by atoms with van der Waals surface area (Å²) >= 11 is 0. The highest BCUT2D eigenvalue weighted by Crippen LogP contribution is 2.47. The molecule has 0 unspecified atom stereocenters. The first-order valence-electron chi connectivity index (χ1n) is 6.69. The molecule has 1 aromatic carbocycles. The van der Waals surface area contributed by atoms with Crippen LogP contribution in [0.4, 0.5) is 5.69 Å². The van der Waals surface area contributed by atoms with Crippen molar-refractivity contribution < 1.29 is 9.90 Å². The molecule has 3 heteroatoms. The van der Waals surface area contributed by atoms with Gasteiger partial charge in [-0.2, -0.15) is 0 Å². The van der Waals surface area contributed by atoms with E-state index in [1.54, 1.807) is 0 Å². The number of aryl methyl sites for hydroxylation is 1. The maximum Gasteiger partial charge on any atom is 0.336 e. The molecule has 1 N–H and O–H groups in total. The molecule has 1 aliphatic heterocycles. The zero-order valence-corrected chi connectivity index (χ0v) is 10.8. The van der Waals surface area contributed by atoms with Crippen LogP contribution in [0.1, 0.15) is 41.6 Å². The van der Waals surface area contributed by atoms with E-state index in [1.807, 2.05) is 25.1 Å². The predicted octanol–water partition coefficient (Wildman–Crippen LogP) is 3.07. The van der Waals surface area contributed by atoms with E-state index in [9.17, 15) is 4.79 Å². The first-order valence-corrected chi connectivity index (χ1v) is 6.69. The number of hydrogen-bond acceptors (Lipinski definition) is 2. The number of aromatic carboxylic acids is 1. The average Bonchev–Trinajstić information content (AvgIpc) is 2.76. The maximum atomic E-state index is 11.1. The lowest BCUT2D eigenvalue weighted by Gasteiger charge is -2.50. The van der Waals surface area contributed by atoms with Crippen LogP contribution in [-0.4, -0.2) is 24.2 Å². The number of rotatable bonds is 2. The lowest BCUT2D eigenvalue weighted by Crippen LogP contribution is -2.55. The van der Waals surface area contributed by atoms with E-state index in [2.05, 4.69) is 4.90 Å². The Morgan fingerprint density at radius 2 is 1.94 bits per heavy atom. The second-order valence-corrected chi connectivity index (χ2v) is 5.87. The number of nitrogens with zero attached hydrogens (tertiary/aromatic N) is 1. The second-order valence-electron chi connectivity index (χ2n) is 5.87. The van der Waals surface area contributed by atoms with Gasteiger partial charge in [0.1, 0.15) is 0 Å². The van der Waals surface area contributed by atoms with Gasteiger partial charge in [0.15, 0.2) is 0 Å². The largest absolute Gasteiger partial charge is 0.478 e. The molecule has 3 nitrogen and oxygen atoms in total. The normalized spacial score (nSPS) is 21.1. The minimum absolute atomic E-state index is 0.430. The van der Waals surface area contributed by atoms with E-state index in [-0.39, 0.29) is 0 Å². The quantitative estimate of drug-likeness (QED) is 0.870. The molecule has 1 aliphatic carbocycles. The molecule has 0 radical (unpaired) electrons. The molecule has 1 aromatic rings. The third-order valence-corrected chi connectivity index (χ3v) is 4.53. The molecule has 18 heavy (non-hydrogen) atoms. The zero-order valence-electron chi connectivity index (χ0n) is 10.8. The number of carboxylic acid groups (broad SMARTS) is 1. The van der Waals surface area contributed by atoms with Crippen molar-refractivity contribution in [1.29, 1.82) is 0 Å². The van der Waals surface area contributed by atoms with Gasteiger partial charge in [0.25, 0.3) is 0 Å². The maximum absolute atomic E-state index is 11.1. The van der Waals surface area contributed by atoms with Crippen molar-refractivity contribution in [2.75, 3.05) is 18.0 Å². The molecule has 1 spiro atoms. The Morgan fingerprint density at radius 3 is 2.56 bits per heavy atom. The Labute approximate surface area is 107 Å². The summed E-state index contributed by atoms with van der Waals surface area (Å²) in [4.78, 5) is 13.5. The summed E-state index contributed by atoms with van der Waals surface area (Å²) in [7, 11) is 0. The SMILES string of the molecule is Cc1ccc(N2CC3(CCCC3)C2)cc1C(=O)O. The summed E-state index contributed by atoms with van der Waals surface area (Å²) < 4.78 is 0. The van der Waals surface area contributed by atoms with Gasteiger partial charge in [0, 0.05) is 24.2 Å². The molecular weight excluding hydrogens is 226 g/mol. The van der Waals surface area contributed by atoms with Crippen molar-refractivity contribution in [3.05, 3.63) is 29.3 Å². The third-order valence-electron chi connectivity index (χ3n) is 4.53. The minimum Gasteiger partial charge on any atom is -0.478 e. The summed E-state index contributed by atoms with van der Waals surface area (Å²) in [5.41, 5.74) is 2.88. The van der Waals surface area contributed by atoms with Gasteiger partial charge in [0.2, 0.25) is 0 Å². The number of carbonyl (C=O) groups is 1. The van der Waals surface area contributed by atoms with Crippen LogP contribution < -0.4 is 4.90 Å². The standard InChI is InChI=1S/C15H19NO2/c1-11-4-5-12(8-13(11)14(17)18)16-9-15(10-16)6-2-3-7-15/h4-5,8H,2-3,6-7,9-10H2,1H3,(H,17,18). The van der Waals surface area contributed by atoms with Crippen LogP contribution in [0.5, 0.6) is 0 Å². The summed E-state index contributed by atoms with van der Waals surface area (Å²) in [6.07, 6.45) is 5.42. The average molecular weight is 245 g/mol. The van der Waals surface area contributed by atoms with Crippen molar-refractivity contribution in [1.82, 2.24) is 0 Å². The third kappa shape index (κ3) is 1.78. The monoisotopic (exact) mass is 245 g/mol. The van der Waals surface area contributed by atoms with Gasteiger partial charge >= 0.3 is 5.97 Å². The fraction of sp³-hybridized carbons (Fsp3) is 0.533. The smallest absolute Gasteiger partial charge is 0.336 e. The van der Waals surface area contributed by atoms with Crippen molar-refractivity contribution >= 4 is 11.7 Å². The number of carboxylic acids is 1. The van der Waals surface area contributed by atoms with E-state index in [0.717, 1.165) is 24.3 Å². The fourth-order valence-electron chi connectivity index (χ4n) is 3.42. The van der Waals surface area contributed by atoms with Gasteiger partial charge in [-0.3, -0.25) is 0 Å². The predicted molar refractivity (Wildman–Crippen MR) is 71.3 cm³/mol. The second kappa shape index (κ2) is 4.01. The lowest BCUT2D eigenvalue weighted by atomic mass is 9.78. The van der Waals surface area contributed by atoms with Gasteiger partial charge in [0.05, 0.1) is 5.56 Å². The summed E-state index contributed by atoms with van der Waals surface area (Å²) in [5, 5.41) is 9.15. The highest BCUT2D eigenvalue weighted by molar-refractivity contribution is 5.90. The Morgan fingerprint density at radius 1 is 1.28 bits per heavy atom. The number of hydrogen-bond donors (Lipinski definition) is 1. The van der Waals surface area contributed by atoms with Crippen LogP contribution in [0.15, 0.2) is 18.2 Å². The molecule has 2 fully saturated rings. The fourth-order valence-corrected chi connectivity index (χ4v) is 3.42. The minimum atomic E-state index is -0.828. The number of anilines is 1. The van der Waals surface area contributed by atoms with Crippen LogP contribution in [0, 0.1) is 12.3 Å². The topological polar surface area (TPSA) is 40.5 Å². The first kappa shape index (κ1) is 11.6. The Hall–Kier alpha value is -1.51. The van der Waals surface area contributed by atoms with Gasteiger partial charge in [-0.1, -0.05) is 18.9 Å². The van der Waals surface area contributed by atoms with E-state index in [1.165, 1.54) is 25.7 Å². The Balaban J connectivity index is 1.78. The summed E-state index contributed by atoms with van der Waals surface area (Å²) in [5.74, 6) is -0.828. The lowest BCUT2D eigenvalue weighted by molar-refractivity contribution is 0.0696. The Kier molecular flexibility index (Phi) is 2.58. The van der Waals surface area contributed by atoms with Crippen molar-refractivity contribution in [2.24, 2.45) is 5.41 Å². The van der Waals surface area contributed by atoms with Crippen LogP contribution in [0.3, 0.4) is 0 Å². The van der Waals surface area contributed by atoms with Crippen molar-refractivity contribution in [3.63, 3.8) is 0 Å². The molecule has 3 rings (SSSR count). The van der Waals surface area contributed by atoms with Crippen LogP contribution in [-0.2, 0) is 0 Å².